The van der Waals surface area contributed by atoms with Crippen LogP contribution < -0.4 is 0 Å². The molecule has 3 rings (SSSR count). The molecule has 0 bridgehead atoms. The zero-order valence-electron chi connectivity index (χ0n) is 14.9. The second kappa shape index (κ2) is 8.27. The second-order valence-electron chi connectivity index (χ2n) is 6.52. The van der Waals surface area contributed by atoms with Crippen LogP contribution in [-0.2, 0) is 11.3 Å². The Morgan fingerprint density at radius 2 is 2.00 bits per heavy atom. The molecule has 0 saturated carbocycles. The fraction of sp³-hybridized carbons (Fsp3) is 0.474. The molecule has 0 N–H and O–H groups in total. The van der Waals surface area contributed by atoms with Crippen LogP contribution in [0.4, 0.5) is 0 Å². The number of aryl methyl sites for hydroxylation is 1. The van der Waals surface area contributed by atoms with E-state index in [4.69, 9.17) is 9.26 Å². The largest absolute Gasteiger partial charge is 0.379 e. The van der Waals surface area contributed by atoms with E-state index in [1.807, 2.05) is 42.2 Å². The lowest BCUT2D eigenvalue weighted by atomic mass is 10.1. The molecule has 2 heterocycles. The molecule has 6 heteroatoms. The number of hydrogen-bond donors (Lipinski definition) is 0. The standard InChI is InChI=1S/C19H25N3O3/c1-15-12-20-25-18(15)19(23)22(14-17-6-4-3-5-7-17)16(2)13-21-8-10-24-11-9-21/h3-7,12,16H,8-11,13-14H2,1-2H3/t16-/m1/s1. The van der Waals surface area contributed by atoms with Crippen LogP contribution in [0, 0.1) is 6.92 Å². The lowest BCUT2D eigenvalue weighted by Gasteiger charge is -2.34. The summed E-state index contributed by atoms with van der Waals surface area (Å²) in [4.78, 5) is 17.3. The lowest BCUT2D eigenvalue weighted by Crippen LogP contribution is -2.48. The Labute approximate surface area is 148 Å². The van der Waals surface area contributed by atoms with Gasteiger partial charge in [0.05, 0.1) is 19.4 Å². The van der Waals surface area contributed by atoms with Gasteiger partial charge in [0.15, 0.2) is 0 Å². The third-order valence-electron chi connectivity index (χ3n) is 4.56. The number of hydrogen-bond acceptors (Lipinski definition) is 5. The Kier molecular flexibility index (Phi) is 5.83. The van der Waals surface area contributed by atoms with Gasteiger partial charge in [0.2, 0.25) is 5.76 Å². The summed E-state index contributed by atoms with van der Waals surface area (Å²) >= 11 is 0. The van der Waals surface area contributed by atoms with E-state index in [0.29, 0.717) is 12.3 Å². The highest BCUT2D eigenvalue weighted by atomic mass is 16.5. The fourth-order valence-corrected chi connectivity index (χ4v) is 3.09. The summed E-state index contributed by atoms with van der Waals surface area (Å²) in [7, 11) is 0. The maximum Gasteiger partial charge on any atom is 0.293 e. The van der Waals surface area contributed by atoms with Crippen molar-refractivity contribution in [2.45, 2.75) is 26.4 Å². The summed E-state index contributed by atoms with van der Waals surface area (Å²) < 4.78 is 10.6. The predicted octanol–water partition coefficient (Wildman–Crippen LogP) is 2.35. The van der Waals surface area contributed by atoms with Gasteiger partial charge < -0.3 is 14.2 Å². The smallest absolute Gasteiger partial charge is 0.293 e. The van der Waals surface area contributed by atoms with Crippen molar-refractivity contribution >= 4 is 5.91 Å². The van der Waals surface area contributed by atoms with Gasteiger partial charge in [-0.2, -0.15) is 0 Å². The van der Waals surface area contributed by atoms with Gasteiger partial charge in [-0.05, 0) is 19.4 Å². The Hall–Kier alpha value is -2.18. The number of carbonyl (C=O) groups excluding carboxylic acids is 1. The van der Waals surface area contributed by atoms with E-state index < -0.39 is 0 Å². The van der Waals surface area contributed by atoms with Crippen molar-refractivity contribution in [2.75, 3.05) is 32.8 Å². The van der Waals surface area contributed by atoms with Crippen LogP contribution >= 0.6 is 0 Å². The molecular weight excluding hydrogens is 318 g/mol. The summed E-state index contributed by atoms with van der Waals surface area (Å²) in [6.45, 7) is 8.60. The highest BCUT2D eigenvalue weighted by Crippen LogP contribution is 2.17. The SMILES string of the molecule is Cc1cnoc1C(=O)N(Cc1ccccc1)[C@H](C)CN1CCOCC1. The maximum absolute atomic E-state index is 13.1. The summed E-state index contributed by atoms with van der Waals surface area (Å²) in [6.07, 6.45) is 1.58. The molecule has 25 heavy (non-hydrogen) atoms. The van der Waals surface area contributed by atoms with Gasteiger partial charge in [-0.15, -0.1) is 0 Å². The second-order valence-corrected chi connectivity index (χ2v) is 6.52. The van der Waals surface area contributed by atoms with E-state index in [0.717, 1.165) is 44.0 Å². The number of nitrogens with zero attached hydrogens (tertiary/aromatic N) is 3. The molecule has 1 amide bonds. The van der Waals surface area contributed by atoms with Crippen molar-refractivity contribution < 1.29 is 14.1 Å². The predicted molar refractivity (Wildman–Crippen MR) is 94.3 cm³/mol. The first-order valence-electron chi connectivity index (χ1n) is 8.71. The van der Waals surface area contributed by atoms with Gasteiger partial charge in [-0.25, -0.2) is 0 Å². The number of morpholine rings is 1. The molecule has 1 saturated heterocycles. The minimum atomic E-state index is -0.111. The lowest BCUT2D eigenvalue weighted by molar-refractivity contribution is 0.0220. The third-order valence-corrected chi connectivity index (χ3v) is 4.56. The van der Waals surface area contributed by atoms with Crippen LogP contribution in [0.25, 0.3) is 0 Å². The first kappa shape index (κ1) is 17.6. The van der Waals surface area contributed by atoms with Crippen LogP contribution in [-0.4, -0.2) is 59.8 Å². The van der Waals surface area contributed by atoms with Crippen molar-refractivity contribution in [3.05, 3.63) is 53.4 Å². The molecular formula is C19H25N3O3. The minimum Gasteiger partial charge on any atom is -0.379 e. The van der Waals surface area contributed by atoms with Crippen molar-refractivity contribution in [3.8, 4) is 0 Å². The van der Waals surface area contributed by atoms with E-state index in [1.165, 1.54) is 0 Å². The third kappa shape index (κ3) is 4.46. The van der Waals surface area contributed by atoms with E-state index in [2.05, 4.69) is 17.0 Å². The quantitative estimate of drug-likeness (QED) is 0.806. The Bertz CT molecular complexity index is 680. The van der Waals surface area contributed by atoms with E-state index in [1.54, 1.807) is 6.20 Å². The number of ether oxygens (including phenoxy) is 1. The van der Waals surface area contributed by atoms with Crippen molar-refractivity contribution in [1.82, 2.24) is 15.0 Å². The maximum atomic E-state index is 13.1. The van der Waals surface area contributed by atoms with Crippen molar-refractivity contribution in [3.63, 3.8) is 0 Å². The number of rotatable bonds is 6. The Morgan fingerprint density at radius 3 is 2.64 bits per heavy atom. The van der Waals surface area contributed by atoms with Gasteiger partial charge in [0.1, 0.15) is 0 Å². The molecule has 1 aromatic heterocycles. The number of aromatic nitrogens is 1. The summed E-state index contributed by atoms with van der Waals surface area (Å²) in [5, 5.41) is 3.76. The van der Waals surface area contributed by atoms with Crippen molar-refractivity contribution in [1.29, 1.82) is 0 Å². The molecule has 0 spiro atoms. The molecule has 0 aliphatic carbocycles. The number of benzene rings is 1. The minimum absolute atomic E-state index is 0.0512. The highest BCUT2D eigenvalue weighted by Gasteiger charge is 2.27. The zero-order valence-corrected chi connectivity index (χ0v) is 14.9. The van der Waals surface area contributed by atoms with Gasteiger partial charge in [-0.3, -0.25) is 9.69 Å². The number of carbonyl (C=O) groups is 1. The Morgan fingerprint density at radius 1 is 1.28 bits per heavy atom. The molecule has 0 radical (unpaired) electrons. The molecule has 1 aliphatic rings. The summed E-state index contributed by atoms with van der Waals surface area (Å²) in [6, 6.07) is 10.1. The summed E-state index contributed by atoms with van der Waals surface area (Å²) in [5.41, 5.74) is 1.86. The van der Waals surface area contributed by atoms with Crippen LogP contribution in [0.15, 0.2) is 41.1 Å². The first-order chi connectivity index (χ1) is 12.1. The van der Waals surface area contributed by atoms with Gasteiger partial charge >= 0.3 is 0 Å². The number of amides is 1. The molecule has 1 aromatic carbocycles. The zero-order chi connectivity index (χ0) is 17.6. The molecule has 2 aromatic rings. The van der Waals surface area contributed by atoms with Gasteiger partial charge in [0.25, 0.3) is 5.91 Å². The average Bonchev–Trinajstić information content (AvgIpc) is 3.07. The van der Waals surface area contributed by atoms with E-state index in [-0.39, 0.29) is 11.9 Å². The van der Waals surface area contributed by atoms with Crippen LogP contribution in [0.5, 0.6) is 0 Å². The molecule has 6 nitrogen and oxygen atoms in total. The van der Waals surface area contributed by atoms with Gasteiger partial charge in [-0.1, -0.05) is 35.5 Å². The molecule has 1 fully saturated rings. The Balaban J connectivity index is 1.77. The monoisotopic (exact) mass is 343 g/mol. The van der Waals surface area contributed by atoms with Gasteiger partial charge in [0, 0.05) is 37.8 Å². The van der Waals surface area contributed by atoms with Crippen LogP contribution in [0.2, 0.25) is 0 Å². The molecule has 1 atom stereocenters. The van der Waals surface area contributed by atoms with E-state index >= 15 is 0 Å². The van der Waals surface area contributed by atoms with Crippen LogP contribution in [0.1, 0.15) is 28.6 Å². The van der Waals surface area contributed by atoms with Crippen LogP contribution in [0.3, 0.4) is 0 Å². The van der Waals surface area contributed by atoms with E-state index in [9.17, 15) is 4.79 Å². The normalized spacial score (nSPS) is 16.6. The fourth-order valence-electron chi connectivity index (χ4n) is 3.09. The average molecular weight is 343 g/mol. The molecule has 1 aliphatic heterocycles. The topological polar surface area (TPSA) is 58.8 Å². The first-order valence-corrected chi connectivity index (χ1v) is 8.71. The highest BCUT2D eigenvalue weighted by molar-refractivity contribution is 5.92. The molecule has 0 unspecified atom stereocenters. The van der Waals surface area contributed by atoms with Crippen molar-refractivity contribution in [2.24, 2.45) is 0 Å². The molecule has 134 valence electrons. The summed E-state index contributed by atoms with van der Waals surface area (Å²) in [5.74, 6) is 0.212.